The number of hydrazone groups is 1. The van der Waals surface area contributed by atoms with Crippen LogP contribution in [0.1, 0.15) is 29.2 Å². The molecule has 1 unspecified atom stereocenters. The van der Waals surface area contributed by atoms with Crippen LogP contribution in [0, 0.1) is 6.92 Å². The van der Waals surface area contributed by atoms with Gasteiger partial charge in [0.05, 0.1) is 17.4 Å². The van der Waals surface area contributed by atoms with Crippen molar-refractivity contribution in [2.75, 3.05) is 5.01 Å². The minimum absolute atomic E-state index is 0.110. The second-order valence-corrected chi connectivity index (χ2v) is 6.94. The molecule has 4 heteroatoms. The average molecular weight is 363 g/mol. The zero-order chi connectivity index (χ0) is 18.1. The number of phenols is 1. The summed E-state index contributed by atoms with van der Waals surface area (Å²) in [5.41, 5.74) is 5.13. The van der Waals surface area contributed by atoms with Crippen molar-refractivity contribution in [2.45, 2.75) is 19.4 Å². The maximum absolute atomic E-state index is 9.81. The molecule has 3 nitrogen and oxygen atoms in total. The Labute approximate surface area is 158 Å². The molecule has 0 radical (unpaired) electrons. The Bertz CT molecular complexity index is 952. The Morgan fingerprint density at radius 1 is 1.00 bits per heavy atom. The van der Waals surface area contributed by atoms with Gasteiger partial charge in [-0.2, -0.15) is 5.10 Å². The Kier molecular flexibility index (Phi) is 4.39. The molecule has 1 aliphatic heterocycles. The van der Waals surface area contributed by atoms with Crippen molar-refractivity contribution in [3.8, 4) is 5.75 Å². The fourth-order valence-corrected chi connectivity index (χ4v) is 3.41. The molecule has 4 rings (SSSR count). The fraction of sp³-hybridized carbons (Fsp3) is 0.136. The van der Waals surface area contributed by atoms with Gasteiger partial charge < -0.3 is 5.11 Å². The molecule has 1 atom stereocenters. The summed E-state index contributed by atoms with van der Waals surface area (Å²) in [6.07, 6.45) is 0.792. The van der Waals surface area contributed by atoms with Crippen LogP contribution in [0.2, 0.25) is 5.02 Å². The van der Waals surface area contributed by atoms with Crippen molar-refractivity contribution in [3.63, 3.8) is 0 Å². The SMILES string of the molecule is Cc1cc(C2=NN(c3ccccc3)C(c3ccc(Cl)cc3)C2)ccc1O. The Morgan fingerprint density at radius 2 is 1.73 bits per heavy atom. The molecule has 0 fully saturated rings. The van der Waals surface area contributed by atoms with E-state index in [0.717, 1.165) is 34.0 Å². The number of para-hydroxylation sites is 1. The summed E-state index contributed by atoms with van der Waals surface area (Å²) in [6.45, 7) is 1.90. The first kappa shape index (κ1) is 16.7. The van der Waals surface area contributed by atoms with Gasteiger partial charge in [0.25, 0.3) is 0 Å². The van der Waals surface area contributed by atoms with Crippen LogP contribution in [0.4, 0.5) is 5.69 Å². The second kappa shape index (κ2) is 6.85. The predicted octanol–water partition coefficient (Wildman–Crippen LogP) is 5.71. The molecule has 0 aromatic heterocycles. The first-order valence-corrected chi connectivity index (χ1v) is 8.97. The van der Waals surface area contributed by atoms with E-state index in [1.807, 2.05) is 49.4 Å². The molecule has 0 saturated carbocycles. The summed E-state index contributed by atoms with van der Waals surface area (Å²) >= 11 is 6.06. The average Bonchev–Trinajstić information content (AvgIpc) is 3.11. The van der Waals surface area contributed by atoms with Gasteiger partial charge in [-0.25, -0.2) is 0 Å². The molecule has 1 heterocycles. The molecule has 0 spiro atoms. The summed E-state index contributed by atoms with van der Waals surface area (Å²) < 4.78 is 0. The molecular formula is C22H19ClN2O. The number of anilines is 1. The Hall–Kier alpha value is -2.78. The highest BCUT2D eigenvalue weighted by Crippen LogP contribution is 2.37. The third kappa shape index (κ3) is 3.18. The van der Waals surface area contributed by atoms with Gasteiger partial charge in [0, 0.05) is 11.4 Å². The number of benzene rings is 3. The van der Waals surface area contributed by atoms with Crippen molar-refractivity contribution in [2.24, 2.45) is 5.10 Å². The lowest BCUT2D eigenvalue weighted by Crippen LogP contribution is -2.18. The van der Waals surface area contributed by atoms with Crippen LogP contribution in [-0.4, -0.2) is 10.8 Å². The van der Waals surface area contributed by atoms with Crippen LogP contribution >= 0.6 is 11.6 Å². The quantitative estimate of drug-likeness (QED) is 0.647. The number of phenolic OH excluding ortho intramolecular Hbond substituents is 1. The first-order valence-electron chi connectivity index (χ1n) is 8.59. The van der Waals surface area contributed by atoms with Crippen molar-refractivity contribution >= 4 is 23.0 Å². The minimum Gasteiger partial charge on any atom is -0.508 e. The molecule has 0 aliphatic carbocycles. The van der Waals surface area contributed by atoms with Gasteiger partial charge in [-0.1, -0.05) is 41.9 Å². The number of hydrogen-bond acceptors (Lipinski definition) is 3. The second-order valence-electron chi connectivity index (χ2n) is 6.50. The third-order valence-electron chi connectivity index (χ3n) is 4.72. The van der Waals surface area contributed by atoms with Gasteiger partial charge in [0.2, 0.25) is 0 Å². The topological polar surface area (TPSA) is 35.8 Å². The van der Waals surface area contributed by atoms with E-state index >= 15 is 0 Å². The van der Waals surface area contributed by atoms with E-state index in [4.69, 9.17) is 16.7 Å². The molecule has 3 aromatic carbocycles. The molecule has 26 heavy (non-hydrogen) atoms. The standard InChI is InChI=1S/C22H19ClN2O/c1-15-13-17(9-12-22(15)26)20-14-21(16-7-10-18(23)11-8-16)25(24-20)19-5-3-2-4-6-19/h2-13,21,26H,14H2,1H3. The van der Waals surface area contributed by atoms with Gasteiger partial charge in [0.15, 0.2) is 0 Å². The summed E-state index contributed by atoms with van der Waals surface area (Å²) in [5.74, 6) is 0.307. The highest BCUT2D eigenvalue weighted by atomic mass is 35.5. The number of rotatable bonds is 3. The number of aryl methyl sites for hydroxylation is 1. The van der Waals surface area contributed by atoms with E-state index in [9.17, 15) is 5.11 Å². The van der Waals surface area contributed by atoms with Crippen LogP contribution < -0.4 is 5.01 Å². The lowest BCUT2D eigenvalue weighted by Gasteiger charge is -2.24. The van der Waals surface area contributed by atoms with Crippen molar-refractivity contribution in [1.29, 1.82) is 0 Å². The number of hydrogen-bond donors (Lipinski definition) is 1. The molecule has 130 valence electrons. The van der Waals surface area contributed by atoms with Crippen LogP contribution in [0.15, 0.2) is 77.9 Å². The van der Waals surface area contributed by atoms with Crippen molar-refractivity contribution in [3.05, 3.63) is 94.5 Å². The predicted molar refractivity (Wildman–Crippen MR) is 107 cm³/mol. The molecule has 1 aliphatic rings. The maximum Gasteiger partial charge on any atom is 0.118 e. The van der Waals surface area contributed by atoms with Gasteiger partial charge >= 0.3 is 0 Å². The highest BCUT2D eigenvalue weighted by Gasteiger charge is 2.29. The van der Waals surface area contributed by atoms with E-state index in [1.165, 1.54) is 5.56 Å². The smallest absolute Gasteiger partial charge is 0.118 e. The van der Waals surface area contributed by atoms with Crippen LogP contribution in [0.5, 0.6) is 5.75 Å². The monoisotopic (exact) mass is 362 g/mol. The van der Waals surface area contributed by atoms with Crippen molar-refractivity contribution in [1.82, 2.24) is 0 Å². The maximum atomic E-state index is 9.81. The van der Waals surface area contributed by atoms with Crippen LogP contribution in [-0.2, 0) is 0 Å². The highest BCUT2D eigenvalue weighted by molar-refractivity contribution is 6.30. The van der Waals surface area contributed by atoms with Crippen LogP contribution in [0.3, 0.4) is 0 Å². The van der Waals surface area contributed by atoms with E-state index in [0.29, 0.717) is 5.75 Å². The number of halogens is 1. The molecular weight excluding hydrogens is 344 g/mol. The summed E-state index contributed by atoms with van der Waals surface area (Å²) in [6, 6.07) is 23.9. The number of nitrogens with zero attached hydrogens (tertiary/aromatic N) is 2. The fourth-order valence-electron chi connectivity index (χ4n) is 3.28. The molecule has 3 aromatic rings. The van der Waals surface area contributed by atoms with E-state index in [2.05, 4.69) is 29.3 Å². The zero-order valence-corrected chi connectivity index (χ0v) is 15.2. The Balaban J connectivity index is 1.75. The minimum atomic E-state index is 0.110. The number of aromatic hydroxyl groups is 1. The lowest BCUT2D eigenvalue weighted by molar-refractivity contribution is 0.471. The van der Waals surface area contributed by atoms with Crippen LogP contribution in [0.25, 0.3) is 0 Å². The molecule has 1 N–H and O–H groups in total. The van der Waals surface area contributed by atoms with E-state index < -0.39 is 0 Å². The third-order valence-corrected chi connectivity index (χ3v) is 4.97. The summed E-state index contributed by atoms with van der Waals surface area (Å²) in [5, 5.41) is 17.5. The summed E-state index contributed by atoms with van der Waals surface area (Å²) in [7, 11) is 0. The zero-order valence-electron chi connectivity index (χ0n) is 14.4. The normalized spacial score (nSPS) is 16.6. The van der Waals surface area contributed by atoms with E-state index in [1.54, 1.807) is 6.07 Å². The summed E-state index contributed by atoms with van der Waals surface area (Å²) in [4.78, 5) is 0. The first-order chi connectivity index (χ1) is 12.6. The molecule has 0 amide bonds. The van der Waals surface area contributed by atoms with Crippen molar-refractivity contribution < 1.29 is 5.11 Å². The molecule has 0 saturated heterocycles. The van der Waals surface area contributed by atoms with E-state index in [-0.39, 0.29) is 6.04 Å². The largest absolute Gasteiger partial charge is 0.508 e. The van der Waals surface area contributed by atoms with Gasteiger partial charge in [-0.15, -0.1) is 0 Å². The Morgan fingerprint density at radius 3 is 2.42 bits per heavy atom. The molecule has 0 bridgehead atoms. The van der Waals surface area contributed by atoms with Gasteiger partial charge in [-0.3, -0.25) is 5.01 Å². The lowest BCUT2D eigenvalue weighted by atomic mass is 9.97. The van der Waals surface area contributed by atoms with Gasteiger partial charge in [-0.05, 0) is 66.1 Å². The van der Waals surface area contributed by atoms with Gasteiger partial charge in [0.1, 0.15) is 5.75 Å².